The first kappa shape index (κ1) is 44.4. The number of nitrogens with zero attached hydrogens (tertiary/aromatic N) is 4. The Morgan fingerprint density at radius 1 is 0.596 bits per heavy atom. The zero-order chi connectivity index (χ0) is 34.2. The molecule has 4 aromatic carbocycles. The summed E-state index contributed by atoms with van der Waals surface area (Å²) in [5, 5.41) is 17.1. The van der Waals surface area contributed by atoms with E-state index < -0.39 is 29.0 Å². The van der Waals surface area contributed by atoms with Crippen LogP contribution in [-0.4, -0.2) is 5.48 Å². The molecule has 0 bridgehead atoms. The third-order valence-electron chi connectivity index (χ3n) is 5.49. The summed E-state index contributed by atoms with van der Waals surface area (Å²) >= 11 is 40.8. The standard InChI is InChI=1S/C15H5Cl3F2N2.C8Cl4N2.C6H5F2N.Na.H2O/c1-22-15-8(5-7-10(19)3-2-4-11(7)20)12(16)13(17)9(6-21)14(15)18;1-14-8-5(10)3(2-13)4(9)6(11)7(8)12;7-4-2-1-3-5(8)6(4)9;;/h2-4H,5H2;;1-3H,9H2;;1H2/q;;;+1;/p-1. The molecule has 0 spiro atoms. The Bertz CT molecular complexity index is 1910. The van der Waals surface area contributed by atoms with Gasteiger partial charge in [-0.15, -0.1) is 0 Å². The molecule has 0 aliphatic heterocycles. The zero-order valence-corrected chi connectivity index (χ0v) is 30.4. The van der Waals surface area contributed by atoms with Gasteiger partial charge in [-0.3, -0.25) is 0 Å². The van der Waals surface area contributed by atoms with E-state index in [1.165, 1.54) is 12.1 Å². The number of nitriles is 2. The summed E-state index contributed by atoms with van der Waals surface area (Å²) in [6.45, 7) is 14.0. The number of rotatable bonds is 2. The van der Waals surface area contributed by atoms with Crippen molar-refractivity contribution in [2.45, 2.75) is 6.42 Å². The summed E-state index contributed by atoms with van der Waals surface area (Å²) in [7, 11) is 0. The predicted molar refractivity (Wildman–Crippen MR) is 172 cm³/mol. The smallest absolute Gasteiger partial charge is 0.870 e. The van der Waals surface area contributed by atoms with Gasteiger partial charge in [0.15, 0.2) is 0 Å². The molecule has 0 saturated heterocycles. The maximum atomic E-state index is 13.8. The zero-order valence-electron chi connectivity index (χ0n) is 23.1. The van der Waals surface area contributed by atoms with Crippen molar-refractivity contribution in [2.24, 2.45) is 0 Å². The van der Waals surface area contributed by atoms with Crippen molar-refractivity contribution in [2.75, 3.05) is 5.73 Å². The third-order valence-corrected chi connectivity index (χ3v) is 8.44. The molecule has 4 rings (SSSR count). The van der Waals surface area contributed by atoms with Crippen molar-refractivity contribution in [1.29, 1.82) is 10.5 Å². The minimum atomic E-state index is -0.774. The molecule has 0 saturated carbocycles. The van der Waals surface area contributed by atoms with Gasteiger partial charge in [0, 0.05) is 5.56 Å². The van der Waals surface area contributed by atoms with Crippen LogP contribution in [0.4, 0.5) is 34.6 Å². The summed E-state index contributed by atoms with van der Waals surface area (Å²) in [6.07, 6.45) is -0.305. The average molecular weight is 793 g/mol. The molecule has 18 heteroatoms. The van der Waals surface area contributed by atoms with Gasteiger partial charge in [0.1, 0.15) is 41.1 Å². The Hall–Kier alpha value is -2.65. The Morgan fingerprint density at radius 2 is 0.979 bits per heavy atom. The largest absolute Gasteiger partial charge is 1.00 e. The normalized spacial score (nSPS) is 9.34. The van der Waals surface area contributed by atoms with Gasteiger partial charge in [-0.05, 0) is 36.2 Å². The number of anilines is 1. The van der Waals surface area contributed by atoms with Gasteiger partial charge >= 0.3 is 29.6 Å². The number of nitrogen functional groups attached to an aromatic ring is 1. The number of halogens is 11. The SMILES string of the molecule is Nc1c(F)cccc1F.[C-]#[N+]c1c(Cl)c(C#N)c(Cl)c(Cl)c1Cc1c(F)cccc1F.[C-]#[N+]c1c(Cl)c(Cl)c(Cl)c(C#N)c1Cl.[Na+].[OH-]. The van der Waals surface area contributed by atoms with E-state index in [1.807, 2.05) is 0 Å². The molecule has 0 heterocycles. The summed E-state index contributed by atoms with van der Waals surface area (Å²) in [6, 6.07) is 10.4. The summed E-state index contributed by atoms with van der Waals surface area (Å²) in [5.74, 6) is -2.97. The molecule has 0 fully saturated rings. The molecule has 0 atom stereocenters. The Labute approximate surface area is 322 Å². The molecular weight excluding hydrogens is 782 g/mol. The van der Waals surface area contributed by atoms with Crippen molar-refractivity contribution in [3.8, 4) is 12.1 Å². The molecule has 0 aliphatic rings. The first-order chi connectivity index (χ1) is 21.2. The minimum absolute atomic E-state index is 0. The Kier molecular flexibility index (Phi) is 18.9. The van der Waals surface area contributed by atoms with Crippen molar-refractivity contribution in [3.05, 3.63) is 140 Å². The van der Waals surface area contributed by atoms with Crippen molar-refractivity contribution in [1.82, 2.24) is 0 Å². The Balaban J connectivity index is 0.000000727. The van der Waals surface area contributed by atoms with Crippen LogP contribution in [0.25, 0.3) is 9.69 Å². The van der Waals surface area contributed by atoms with Crippen molar-refractivity contribution in [3.63, 3.8) is 0 Å². The molecule has 0 unspecified atom stereocenters. The van der Waals surface area contributed by atoms with Crippen molar-refractivity contribution >= 4 is 98.3 Å². The summed E-state index contributed by atoms with van der Waals surface area (Å²) in [4.78, 5) is 6.29. The van der Waals surface area contributed by atoms with Crippen molar-refractivity contribution < 1.29 is 52.6 Å². The van der Waals surface area contributed by atoms with E-state index in [9.17, 15) is 17.6 Å². The number of benzene rings is 4. The van der Waals surface area contributed by atoms with Gasteiger partial charge < -0.3 is 11.2 Å². The summed E-state index contributed by atoms with van der Waals surface area (Å²) < 4.78 is 52.0. The summed E-state index contributed by atoms with van der Waals surface area (Å²) in [5.41, 5.74) is 3.96. The predicted octanol–water partition coefficient (Wildman–Crippen LogP) is 9.04. The molecular formula is C29H11Cl7F4N5NaO. The van der Waals surface area contributed by atoms with Gasteiger partial charge in [-0.25, -0.2) is 27.3 Å². The van der Waals surface area contributed by atoms with E-state index >= 15 is 0 Å². The molecule has 0 aliphatic carbocycles. The second-order valence-electron chi connectivity index (χ2n) is 8.08. The molecule has 4 aromatic rings. The van der Waals surface area contributed by atoms with E-state index in [0.717, 1.165) is 24.3 Å². The van der Waals surface area contributed by atoms with Crippen LogP contribution >= 0.6 is 81.2 Å². The van der Waals surface area contributed by atoms with Crippen LogP contribution in [0.3, 0.4) is 0 Å². The molecule has 6 nitrogen and oxygen atoms in total. The second kappa shape index (κ2) is 20.0. The van der Waals surface area contributed by atoms with Gasteiger partial charge in [0.25, 0.3) is 0 Å². The first-order valence-corrected chi connectivity index (χ1v) is 14.1. The minimum Gasteiger partial charge on any atom is -0.870 e. The maximum Gasteiger partial charge on any atom is 1.00 e. The number of para-hydroxylation sites is 1. The van der Waals surface area contributed by atoms with Gasteiger partial charge in [0.05, 0.1) is 59.4 Å². The topological polar surface area (TPSA) is 112 Å². The van der Waals surface area contributed by atoms with Crippen LogP contribution in [0.15, 0.2) is 36.4 Å². The van der Waals surface area contributed by atoms with E-state index in [-0.39, 0.29) is 110 Å². The number of hydrogen-bond donors (Lipinski definition) is 1. The van der Waals surface area contributed by atoms with Crippen LogP contribution in [0.5, 0.6) is 0 Å². The van der Waals surface area contributed by atoms with Gasteiger partial charge in [0.2, 0.25) is 11.4 Å². The fourth-order valence-corrected chi connectivity index (χ4v) is 5.18. The monoisotopic (exact) mass is 789 g/mol. The van der Waals surface area contributed by atoms with Gasteiger partial charge in [-0.2, -0.15) is 10.5 Å². The third kappa shape index (κ3) is 10.2. The fourth-order valence-electron chi connectivity index (χ4n) is 3.28. The van der Waals surface area contributed by atoms with Crippen LogP contribution in [0.2, 0.25) is 35.2 Å². The molecule has 47 heavy (non-hydrogen) atoms. The number of nitrogens with two attached hydrogens (primary N) is 1. The first-order valence-electron chi connectivity index (χ1n) is 11.4. The van der Waals surface area contributed by atoms with Crippen LogP contribution in [0, 0.1) is 59.1 Å². The second-order valence-corrected chi connectivity index (χ2v) is 10.7. The van der Waals surface area contributed by atoms with E-state index in [2.05, 4.69) is 9.69 Å². The molecule has 0 amide bonds. The maximum absolute atomic E-state index is 13.8. The molecule has 3 N–H and O–H groups in total. The van der Waals surface area contributed by atoms with Crippen LogP contribution in [-0.2, 0) is 6.42 Å². The van der Waals surface area contributed by atoms with E-state index in [1.54, 1.807) is 12.1 Å². The van der Waals surface area contributed by atoms with E-state index in [0.29, 0.717) is 0 Å². The molecule has 236 valence electrons. The number of hydrogen-bond acceptors (Lipinski definition) is 4. The average Bonchev–Trinajstić information content (AvgIpc) is 3.00. The quantitative estimate of drug-likeness (QED) is 0.0546. The van der Waals surface area contributed by atoms with E-state index in [4.69, 9.17) is 111 Å². The molecule has 0 radical (unpaired) electrons. The molecule has 0 aromatic heterocycles. The Morgan fingerprint density at radius 3 is 1.36 bits per heavy atom. The van der Waals surface area contributed by atoms with Crippen LogP contribution in [0.1, 0.15) is 22.3 Å². The van der Waals surface area contributed by atoms with Gasteiger partial charge in [-0.1, -0.05) is 93.3 Å². The fraction of sp³-hybridized carbons (Fsp3) is 0.0345. The van der Waals surface area contributed by atoms with Crippen LogP contribution < -0.4 is 35.3 Å².